The van der Waals surface area contributed by atoms with Crippen molar-refractivity contribution in [2.75, 3.05) is 13.2 Å². The van der Waals surface area contributed by atoms with Crippen LogP contribution in [0.5, 0.6) is 5.75 Å². The van der Waals surface area contributed by atoms with Gasteiger partial charge in [-0.1, -0.05) is 37.6 Å². The Morgan fingerprint density at radius 2 is 2.04 bits per heavy atom. The maximum Gasteiger partial charge on any atom is 0.325 e. The molecule has 0 spiro atoms. The van der Waals surface area contributed by atoms with Gasteiger partial charge >= 0.3 is 5.97 Å². The van der Waals surface area contributed by atoms with E-state index in [1.165, 1.54) is 12.3 Å². The molecule has 1 heterocycles. The minimum absolute atomic E-state index is 0.164. The Morgan fingerprint density at radius 1 is 1.28 bits per heavy atom. The molecule has 132 valence electrons. The van der Waals surface area contributed by atoms with Crippen molar-refractivity contribution >= 4 is 23.5 Å². The minimum Gasteiger partial charge on any atom is -0.505 e. The van der Waals surface area contributed by atoms with Crippen molar-refractivity contribution in [2.45, 2.75) is 13.8 Å². The summed E-state index contributed by atoms with van der Waals surface area (Å²) in [6, 6.07) is 8.47. The van der Waals surface area contributed by atoms with Gasteiger partial charge in [0.25, 0.3) is 5.91 Å². The molecule has 2 N–H and O–H groups in total. The Labute approximate surface area is 150 Å². The van der Waals surface area contributed by atoms with E-state index in [9.17, 15) is 14.7 Å². The van der Waals surface area contributed by atoms with Crippen LogP contribution in [0.1, 0.15) is 24.3 Å². The number of aromatic hydroxyl groups is 1. The summed E-state index contributed by atoms with van der Waals surface area (Å²) < 4.78 is 4.96. The molecule has 0 saturated heterocycles. The monoisotopic (exact) mass is 362 g/mol. The van der Waals surface area contributed by atoms with Gasteiger partial charge in [-0.2, -0.15) is 0 Å². The molecule has 0 unspecified atom stereocenters. The predicted molar refractivity (Wildman–Crippen MR) is 94.5 cm³/mol. The molecule has 1 amide bonds. The standard InChI is InChI=1S/C18H19ClN2O4/c1-11(2)10-25-16(23)9-21-18(24)17-15(22)7-13(8-20-17)12-4-3-5-14(19)6-12/h3-8,11,22H,9-10H2,1-2H3,(H,21,24). The highest BCUT2D eigenvalue weighted by molar-refractivity contribution is 6.30. The Balaban J connectivity index is 2.02. The fraction of sp³-hybridized carbons (Fsp3) is 0.278. The topological polar surface area (TPSA) is 88.5 Å². The van der Waals surface area contributed by atoms with E-state index in [-0.39, 0.29) is 30.5 Å². The molecule has 1 aromatic heterocycles. The molecule has 0 aliphatic rings. The number of aromatic nitrogens is 1. The summed E-state index contributed by atoms with van der Waals surface area (Å²) in [5.41, 5.74) is 1.22. The first-order valence-electron chi connectivity index (χ1n) is 7.75. The number of amides is 1. The van der Waals surface area contributed by atoms with Crippen LogP contribution in [0.4, 0.5) is 0 Å². The summed E-state index contributed by atoms with van der Waals surface area (Å²) in [6.07, 6.45) is 1.46. The van der Waals surface area contributed by atoms with Gasteiger partial charge in [0.05, 0.1) is 6.61 Å². The molecule has 0 saturated carbocycles. The lowest BCUT2D eigenvalue weighted by atomic mass is 10.1. The van der Waals surface area contributed by atoms with Gasteiger partial charge in [-0.05, 0) is 29.7 Å². The number of rotatable bonds is 6. The van der Waals surface area contributed by atoms with Crippen LogP contribution < -0.4 is 5.32 Å². The number of carbonyl (C=O) groups excluding carboxylic acids is 2. The van der Waals surface area contributed by atoms with E-state index >= 15 is 0 Å². The Hall–Kier alpha value is -2.60. The third-order valence-corrected chi connectivity index (χ3v) is 3.45. The highest BCUT2D eigenvalue weighted by Crippen LogP contribution is 2.26. The Morgan fingerprint density at radius 3 is 2.68 bits per heavy atom. The maximum absolute atomic E-state index is 12.0. The molecule has 0 aliphatic carbocycles. The summed E-state index contributed by atoms with van der Waals surface area (Å²) in [7, 11) is 0. The van der Waals surface area contributed by atoms with Crippen LogP contribution >= 0.6 is 11.6 Å². The van der Waals surface area contributed by atoms with Crippen molar-refractivity contribution < 1.29 is 19.4 Å². The maximum atomic E-state index is 12.0. The zero-order chi connectivity index (χ0) is 18.4. The Bertz CT molecular complexity index is 777. The number of hydrogen-bond acceptors (Lipinski definition) is 5. The van der Waals surface area contributed by atoms with Gasteiger partial charge in [0, 0.05) is 16.8 Å². The molecule has 0 bridgehead atoms. The van der Waals surface area contributed by atoms with E-state index < -0.39 is 11.9 Å². The van der Waals surface area contributed by atoms with Crippen LogP contribution in [0.3, 0.4) is 0 Å². The van der Waals surface area contributed by atoms with E-state index in [1.807, 2.05) is 19.9 Å². The molecular formula is C18H19ClN2O4. The number of benzene rings is 1. The van der Waals surface area contributed by atoms with Gasteiger partial charge in [0.15, 0.2) is 5.69 Å². The van der Waals surface area contributed by atoms with Crippen molar-refractivity contribution in [1.82, 2.24) is 10.3 Å². The van der Waals surface area contributed by atoms with Crippen LogP contribution in [0, 0.1) is 5.92 Å². The molecular weight excluding hydrogens is 344 g/mol. The van der Waals surface area contributed by atoms with Gasteiger partial charge in [-0.15, -0.1) is 0 Å². The van der Waals surface area contributed by atoms with Crippen LogP contribution in [0.25, 0.3) is 11.1 Å². The number of halogens is 1. The number of nitrogens with one attached hydrogen (secondary N) is 1. The largest absolute Gasteiger partial charge is 0.505 e. The fourth-order valence-corrected chi connectivity index (χ4v) is 2.19. The normalized spacial score (nSPS) is 10.6. The van der Waals surface area contributed by atoms with Crippen molar-refractivity contribution in [2.24, 2.45) is 5.92 Å². The van der Waals surface area contributed by atoms with E-state index in [0.29, 0.717) is 10.6 Å². The van der Waals surface area contributed by atoms with Gasteiger partial charge in [-0.3, -0.25) is 9.59 Å². The molecule has 0 aliphatic heterocycles. The first-order valence-corrected chi connectivity index (χ1v) is 8.13. The van der Waals surface area contributed by atoms with Gasteiger partial charge in [-0.25, -0.2) is 4.98 Å². The number of carbonyl (C=O) groups is 2. The summed E-state index contributed by atoms with van der Waals surface area (Å²) in [6.45, 7) is 3.82. The van der Waals surface area contributed by atoms with Crippen molar-refractivity contribution in [3.05, 3.63) is 47.2 Å². The lowest BCUT2D eigenvalue weighted by Gasteiger charge is -2.09. The van der Waals surface area contributed by atoms with E-state index in [2.05, 4.69) is 10.3 Å². The summed E-state index contributed by atoms with van der Waals surface area (Å²) in [4.78, 5) is 27.5. The minimum atomic E-state index is -0.656. The highest BCUT2D eigenvalue weighted by atomic mass is 35.5. The number of esters is 1. The van der Waals surface area contributed by atoms with Crippen molar-refractivity contribution in [3.8, 4) is 16.9 Å². The predicted octanol–water partition coefficient (Wildman–Crippen LogP) is 3.04. The smallest absolute Gasteiger partial charge is 0.325 e. The molecule has 1 aromatic carbocycles. The SMILES string of the molecule is CC(C)COC(=O)CNC(=O)c1ncc(-c2cccc(Cl)c2)cc1O. The highest BCUT2D eigenvalue weighted by Gasteiger charge is 2.16. The molecule has 25 heavy (non-hydrogen) atoms. The van der Waals surface area contributed by atoms with Crippen molar-refractivity contribution in [1.29, 1.82) is 0 Å². The molecule has 7 heteroatoms. The van der Waals surface area contributed by atoms with E-state index in [4.69, 9.17) is 16.3 Å². The fourth-order valence-electron chi connectivity index (χ4n) is 2.00. The number of hydrogen-bond donors (Lipinski definition) is 2. The summed E-state index contributed by atoms with van der Waals surface area (Å²) in [5, 5.41) is 13.0. The van der Waals surface area contributed by atoms with Crippen LogP contribution in [0.2, 0.25) is 5.02 Å². The van der Waals surface area contributed by atoms with E-state index in [0.717, 1.165) is 5.56 Å². The quantitative estimate of drug-likeness (QED) is 0.771. The molecule has 6 nitrogen and oxygen atoms in total. The average Bonchev–Trinajstić information content (AvgIpc) is 2.57. The van der Waals surface area contributed by atoms with Crippen LogP contribution in [-0.2, 0) is 9.53 Å². The molecule has 0 fully saturated rings. The first-order chi connectivity index (χ1) is 11.9. The lowest BCUT2D eigenvalue weighted by molar-refractivity contribution is -0.143. The van der Waals surface area contributed by atoms with Crippen LogP contribution in [-0.4, -0.2) is 35.1 Å². The second-order valence-corrected chi connectivity index (χ2v) is 6.30. The van der Waals surface area contributed by atoms with Gasteiger partial charge < -0.3 is 15.2 Å². The summed E-state index contributed by atoms with van der Waals surface area (Å²) >= 11 is 5.94. The second kappa shape index (κ2) is 8.48. The third kappa shape index (κ3) is 5.46. The molecule has 2 aromatic rings. The van der Waals surface area contributed by atoms with Gasteiger partial charge in [0.1, 0.15) is 12.3 Å². The zero-order valence-corrected chi connectivity index (χ0v) is 14.7. The zero-order valence-electron chi connectivity index (χ0n) is 14.0. The number of pyridine rings is 1. The number of ether oxygens (including phenoxy) is 1. The van der Waals surface area contributed by atoms with Crippen LogP contribution in [0.15, 0.2) is 36.5 Å². The molecule has 0 radical (unpaired) electrons. The van der Waals surface area contributed by atoms with Gasteiger partial charge in [0.2, 0.25) is 0 Å². The average molecular weight is 363 g/mol. The summed E-state index contributed by atoms with van der Waals surface area (Å²) in [5.74, 6) is -1.27. The van der Waals surface area contributed by atoms with E-state index in [1.54, 1.807) is 18.2 Å². The lowest BCUT2D eigenvalue weighted by Crippen LogP contribution is -2.31. The third-order valence-electron chi connectivity index (χ3n) is 3.21. The first kappa shape index (κ1) is 18.7. The second-order valence-electron chi connectivity index (χ2n) is 5.86. The Kier molecular flexibility index (Phi) is 6.36. The van der Waals surface area contributed by atoms with Crippen molar-refractivity contribution in [3.63, 3.8) is 0 Å². The molecule has 2 rings (SSSR count). The molecule has 0 atom stereocenters. The number of nitrogens with zero attached hydrogens (tertiary/aromatic N) is 1.